The van der Waals surface area contributed by atoms with E-state index in [-0.39, 0.29) is 12.4 Å². The topological polar surface area (TPSA) is 35.5 Å². The number of esters is 1. The first kappa shape index (κ1) is 18.1. The molecule has 0 atom stereocenters. The average Bonchev–Trinajstić information content (AvgIpc) is 2.74. The third kappa shape index (κ3) is 3.09. The molecule has 0 amide bonds. The highest BCUT2D eigenvalue weighted by Crippen LogP contribution is 2.42. The Bertz CT molecular complexity index is 1160. The van der Waals surface area contributed by atoms with E-state index in [1.165, 1.54) is 0 Å². The third-order valence-electron chi connectivity index (χ3n) is 5.04. The number of benzene rings is 4. The van der Waals surface area contributed by atoms with Crippen LogP contribution in [0.15, 0.2) is 72.8 Å². The van der Waals surface area contributed by atoms with Gasteiger partial charge in [-0.3, -0.25) is 4.79 Å². The lowest BCUT2D eigenvalue weighted by Gasteiger charge is -2.19. The summed E-state index contributed by atoms with van der Waals surface area (Å²) in [6.45, 7) is 2.20. The lowest BCUT2D eigenvalue weighted by atomic mass is 9.86. The molecule has 0 bridgehead atoms. The molecule has 4 rings (SSSR count). The van der Waals surface area contributed by atoms with E-state index in [0.29, 0.717) is 6.61 Å². The summed E-state index contributed by atoms with van der Waals surface area (Å²) in [7, 11) is 1.67. The van der Waals surface area contributed by atoms with Crippen molar-refractivity contribution in [3.8, 4) is 16.9 Å². The van der Waals surface area contributed by atoms with Crippen molar-refractivity contribution in [1.82, 2.24) is 0 Å². The fourth-order valence-electron chi connectivity index (χ4n) is 3.91. The van der Waals surface area contributed by atoms with Crippen LogP contribution >= 0.6 is 0 Å². The van der Waals surface area contributed by atoms with Crippen LogP contribution in [-0.2, 0) is 16.0 Å². The minimum absolute atomic E-state index is 0.215. The zero-order chi connectivity index (χ0) is 19.5. The second-order valence-corrected chi connectivity index (χ2v) is 6.63. The summed E-state index contributed by atoms with van der Waals surface area (Å²) < 4.78 is 10.9. The molecule has 0 fully saturated rings. The highest BCUT2D eigenvalue weighted by Gasteiger charge is 2.20. The summed E-state index contributed by atoms with van der Waals surface area (Å²) in [5.41, 5.74) is 2.98. The minimum atomic E-state index is -0.223. The summed E-state index contributed by atoms with van der Waals surface area (Å²) >= 11 is 0. The fourth-order valence-corrected chi connectivity index (χ4v) is 3.91. The average molecular weight is 370 g/mol. The molecule has 4 aromatic rings. The number of carbonyl (C=O) groups is 1. The van der Waals surface area contributed by atoms with Crippen LogP contribution in [0.4, 0.5) is 0 Å². The predicted octanol–water partition coefficient (Wildman–Crippen LogP) is 5.77. The molecule has 0 radical (unpaired) electrons. The van der Waals surface area contributed by atoms with E-state index in [1.54, 1.807) is 7.11 Å². The normalized spacial score (nSPS) is 10.9. The maximum Gasteiger partial charge on any atom is 0.310 e. The van der Waals surface area contributed by atoms with Crippen LogP contribution in [-0.4, -0.2) is 19.7 Å². The molecule has 28 heavy (non-hydrogen) atoms. The Morgan fingerprint density at radius 1 is 0.786 bits per heavy atom. The van der Waals surface area contributed by atoms with E-state index in [4.69, 9.17) is 9.47 Å². The van der Waals surface area contributed by atoms with Gasteiger partial charge in [0.1, 0.15) is 5.75 Å². The van der Waals surface area contributed by atoms with Crippen LogP contribution in [0.5, 0.6) is 5.75 Å². The highest BCUT2D eigenvalue weighted by molar-refractivity contribution is 6.17. The summed E-state index contributed by atoms with van der Waals surface area (Å²) in [4.78, 5) is 12.5. The van der Waals surface area contributed by atoms with E-state index in [0.717, 1.165) is 44.0 Å². The molecule has 0 unspecified atom stereocenters. The first-order valence-electron chi connectivity index (χ1n) is 9.46. The zero-order valence-electron chi connectivity index (χ0n) is 16.1. The molecule has 140 valence electrons. The molecule has 3 heteroatoms. The number of carbonyl (C=O) groups excluding carboxylic acids is 1. The van der Waals surface area contributed by atoms with Gasteiger partial charge in [0.05, 0.1) is 20.1 Å². The van der Waals surface area contributed by atoms with Gasteiger partial charge in [-0.2, -0.15) is 0 Å². The van der Waals surface area contributed by atoms with E-state index in [2.05, 4.69) is 24.3 Å². The van der Waals surface area contributed by atoms with Gasteiger partial charge in [0, 0.05) is 5.56 Å². The number of fused-ring (bicyclic) bond motifs is 3. The molecular formula is C25H22O3. The lowest BCUT2D eigenvalue weighted by Crippen LogP contribution is -2.09. The molecule has 0 spiro atoms. The van der Waals surface area contributed by atoms with Crippen LogP contribution in [0, 0.1) is 0 Å². The van der Waals surface area contributed by atoms with Crippen molar-refractivity contribution in [2.24, 2.45) is 0 Å². The number of methoxy groups -OCH3 is 1. The SMILES string of the molecule is CCOC(=O)Cc1c(-c2ccccc2OC)c2ccccc2c2ccccc12. The number of hydrogen-bond acceptors (Lipinski definition) is 3. The Morgan fingerprint density at radius 2 is 1.36 bits per heavy atom. The first-order chi connectivity index (χ1) is 13.7. The van der Waals surface area contributed by atoms with E-state index in [9.17, 15) is 4.79 Å². The van der Waals surface area contributed by atoms with Crippen molar-refractivity contribution in [1.29, 1.82) is 0 Å². The Morgan fingerprint density at radius 3 is 2.04 bits per heavy atom. The molecule has 0 saturated heterocycles. The molecule has 3 nitrogen and oxygen atoms in total. The molecule has 0 aliphatic carbocycles. The van der Waals surface area contributed by atoms with Crippen molar-refractivity contribution >= 4 is 27.5 Å². The van der Waals surface area contributed by atoms with Gasteiger partial charge in [-0.05, 0) is 45.7 Å². The molecular weight excluding hydrogens is 348 g/mol. The maximum absolute atomic E-state index is 12.5. The van der Waals surface area contributed by atoms with E-state index in [1.807, 2.05) is 55.5 Å². The van der Waals surface area contributed by atoms with Gasteiger partial charge in [-0.25, -0.2) is 0 Å². The highest BCUT2D eigenvalue weighted by atomic mass is 16.5. The third-order valence-corrected chi connectivity index (χ3v) is 5.04. The van der Waals surface area contributed by atoms with Gasteiger partial charge in [-0.15, -0.1) is 0 Å². The summed E-state index contributed by atoms with van der Waals surface area (Å²) in [5, 5.41) is 4.46. The van der Waals surface area contributed by atoms with Crippen molar-refractivity contribution in [3.05, 3.63) is 78.4 Å². The number of para-hydroxylation sites is 1. The Labute approximate surface area is 164 Å². The molecule has 0 aliphatic rings. The quantitative estimate of drug-likeness (QED) is 0.330. The van der Waals surface area contributed by atoms with Crippen LogP contribution in [0.1, 0.15) is 12.5 Å². The Balaban J connectivity index is 2.14. The lowest BCUT2D eigenvalue weighted by molar-refractivity contribution is -0.142. The van der Waals surface area contributed by atoms with Crippen LogP contribution in [0.25, 0.3) is 32.7 Å². The molecule has 0 N–H and O–H groups in total. The Kier molecular flexibility index (Phi) is 4.98. The van der Waals surface area contributed by atoms with Crippen molar-refractivity contribution in [3.63, 3.8) is 0 Å². The van der Waals surface area contributed by atoms with Crippen molar-refractivity contribution < 1.29 is 14.3 Å². The van der Waals surface area contributed by atoms with Crippen molar-refractivity contribution in [2.45, 2.75) is 13.3 Å². The second kappa shape index (κ2) is 7.73. The van der Waals surface area contributed by atoms with Crippen LogP contribution < -0.4 is 4.74 Å². The van der Waals surface area contributed by atoms with Crippen LogP contribution in [0.3, 0.4) is 0 Å². The van der Waals surface area contributed by atoms with Crippen LogP contribution in [0.2, 0.25) is 0 Å². The van der Waals surface area contributed by atoms with Gasteiger partial charge in [0.15, 0.2) is 0 Å². The monoisotopic (exact) mass is 370 g/mol. The van der Waals surface area contributed by atoms with Gasteiger partial charge in [0.2, 0.25) is 0 Å². The Hall–Kier alpha value is -3.33. The molecule has 0 heterocycles. The largest absolute Gasteiger partial charge is 0.496 e. The smallest absolute Gasteiger partial charge is 0.310 e. The number of hydrogen-bond donors (Lipinski definition) is 0. The minimum Gasteiger partial charge on any atom is -0.496 e. The van der Waals surface area contributed by atoms with Gasteiger partial charge in [-0.1, -0.05) is 66.7 Å². The predicted molar refractivity (Wildman–Crippen MR) is 114 cm³/mol. The summed E-state index contributed by atoms with van der Waals surface area (Å²) in [6.07, 6.45) is 0.215. The van der Waals surface area contributed by atoms with Crippen molar-refractivity contribution in [2.75, 3.05) is 13.7 Å². The summed E-state index contributed by atoms with van der Waals surface area (Å²) in [6, 6.07) is 24.5. The van der Waals surface area contributed by atoms with Gasteiger partial charge in [0.25, 0.3) is 0 Å². The zero-order valence-corrected chi connectivity index (χ0v) is 16.1. The maximum atomic E-state index is 12.5. The molecule has 0 aliphatic heterocycles. The van der Waals surface area contributed by atoms with E-state index >= 15 is 0 Å². The molecule has 4 aromatic carbocycles. The van der Waals surface area contributed by atoms with E-state index < -0.39 is 0 Å². The number of ether oxygens (including phenoxy) is 2. The molecule has 0 saturated carbocycles. The number of rotatable bonds is 5. The molecule has 0 aromatic heterocycles. The fraction of sp³-hybridized carbons (Fsp3) is 0.160. The summed E-state index contributed by atoms with van der Waals surface area (Å²) in [5.74, 6) is 0.562. The standard InChI is InChI=1S/C25H22O3/c1-3-28-24(26)16-22-19-12-5-4-10-17(19)18-11-6-7-13-20(18)25(22)21-14-8-9-15-23(21)27-2/h4-15H,3,16H2,1-2H3. The second-order valence-electron chi connectivity index (χ2n) is 6.63. The first-order valence-corrected chi connectivity index (χ1v) is 9.46. The van der Waals surface area contributed by atoms with Gasteiger partial charge >= 0.3 is 5.97 Å². The van der Waals surface area contributed by atoms with Gasteiger partial charge < -0.3 is 9.47 Å².